The minimum absolute atomic E-state index is 0.115. The average Bonchev–Trinajstić information content (AvgIpc) is 3.12. The fourth-order valence-electron chi connectivity index (χ4n) is 4.92. The molecule has 1 unspecified atom stereocenters. The number of hydrogen-bond donors (Lipinski definition) is 2. The molecule has 0 aliphatic carbocycles. The van der Waals surface area contributed by atoms with E-state index in [1.54, 1.807) is 17.0 Å². The Balaban J connectivity index is 1.66. The van der Waals surface area contributed by atoms with Gasteiger partial charge in [0.1, 0.15) is 6.17 Å². The Bertz CT molecular complexity index is 1450. The zero-order valence-electron chi connectivity index (χ0n) is 16.3. The number of aryl methyl sites for hydroxylation is 2. The largest absolute Gasteiger partial charge is 0.359 e. The van der Waals surface area contributed by atoms with Crippen molar-refractivity contribution in [3.8, 4) is 0 Å². The summed E-state index contributed by atoms with van der Waals surface area (Å²) < 4.78 is 0. The number of aromatic amines is 1. The van der Waals surface area contributed by atoms with Crippen molar-refractivity contribution in [2.75, 3.05) is 5.32 Å². The number of hydrogen-bond acceptors (Lipinski definition) is 2. The van der Waals surface area contributed by atoms with E-state index in [4.69, 9.17) is 23.2 Å². The molecule has 1 aromatic heterocycles. The Morgan fingerprint density at radius 3 is 2.70 bits per heavy atom. The molecule has 0 spiro atoms. The molecule has 30 heavy (non-hydrogen) atoms. The number of carbonyl (C=O) groups is 1. The normalized spacial score (nSPS) is 17.1. The summed E-state index contributed by atoms with van der Waals surface area (Å²) in [5.74, 6) is -0.115. The third kappa shape index (κ3) is 2.21. The van der Waals surface area contributed by atoms with Crippen molar-refractivity contribution in [1.29, 1.82) is 0 Å². The lowest BCUT2D eigenvalue weighted by Crippen LogP contribution is -2.41. The fourth-order valence-corrected chi connectivity index (χ4v) is 5.47. The van der Waals surface area contributed by atoms with E-state index in [1.807, 2.05) is 18.3 Å². The SMILES string of the molecule is Cc1c2c(c(C)c3c1[nH]c1ccccc13)C1Nc3c(Cl)cc(Cl)cc3C(=O)N1C=C2. The van der Waals surface area contributed by atoms with Gasteiger partial charge in [-0.1, -0.05) is 41.4 Å². The van der Waals surface area contributed by atoms with Crippen molar-refractivity contribution in [2.45, 2.75) is 20.0 Å². The summed E-state index contributed by atoms with van der Waals surface area (Å²) >= 11 is 12.6. The molecule has 1 atom stereocenters. The van der Waals surface area contributed by atoms with E-state index in [1.165, 1.54) is 16.3 Å². The number of nitrogens with zero attached hydrogens (tertiary/aromatic N) is 1. The maximum Gasteiger partial charge on any atom is 0.261 e. The van der Waals surface area contributed by atoms with Gasteiger partial charge in [0.15, 0.2) is 0 Å². The summed E-state index contributed by atoms with van der Waals surface area (Å²) in [5.41, 5.74) is 7.90. The molecule has 148 valence electrons. The summed E-state index contributed by atoms with van der Waals surface area (Å²) in [6.45, 7) is 4.25. The van der Waals surface area contributed by atoms with Crippen LogP contribution in [0.4, 0.5) is 5.69 Å². The number of benzene rings is 3. The standard InChI is InChI=1S/C24H17Cl2N3O/c1-11-14-7-8-29-23(28-22-16(24(29)30)9-13(25)10-17(22)26)20(14)12(2)19-15-5-3-4-6-18(15)27-21(11)19/h3-10,23,27-28H,1-2H3. The second-order valence-electron chi connectivity index (χ2n) is 7.88. The van der Waals surface area contributed by atoms with Gasteiger partial charge >= 0.3 is 0 Å². The molecule has 2 aliphatic heterocycles. The number of fused-ring (bicyclic) bond motifs is 7. The Labute approximate surface area is 183 Å². The van der Waals surface area contributed by atoms with Crippen molar-refractivity contribution in [3.63, 3.8) is 0 Å². The lowest BCUT2D eigenvalue weighted by atomic mass is 9.87. The van der Waals surface area contributed by atoms with Gasteiger partial charge in [0.05, 0.1) is 21.8 Å². The molecule has 1 amide bonds. The highest BCUT2D eigenvalue weighted by atomic mass is 35.5. The number of nitrogens with one attached hydrogen (secondary N) is 2. The third-order valence-electron chi connectivity index (χ3n) is 6.31. The van der Waals surface area contributed by atoms with Crippen LogP contribution in [0.3, 0.4) is 0 Å². The summed E-state index contributed by atoms with van der Waals surface area (Å²) in [6, 6.07) is 11.7. The Kier molecular flexibility index (Phi) is 3.59. The van der Waals surface area contributed by atoms with E-state index < -0.39 is 0 Å². The van der Waals surface area contributed by atoms with Gasteiger partial charge in [0, 0.05) is 33.1 Å². The molecule has 6 rings (SSSR count). The number of para-hydroxylation sites is 1. The predicted octanol–water partition coefficient (Wildman–Crippen LogP) is 6.80. The smallest absolute Gasteiger partial charge is 0.261 e. The van der Waals surface area contributed by atoms with Gasteiger partial charge in [-0.3, -0.25) is 9.69 Å². The van der Waals surface area contributed by atoms with Crippen LogP contribution in [0.15, 0.2) is 42.6 Å². The lowest BCUT2D eigenvalue weighted by Gasteiger charge is -2.40. The van der Waals surface area contributed by atoms with Gasteiger partial charge in [-0.05, 0) is 54.8 Å². The van der Waals surface area contributed by atoms with Gasteiger partial charge < -0.3 is 10.3 Å². The van der Waals surface area contributed by atoms with Crippen LogP contribution in [0.2, 0.25) is 10.0 Å². The monoisotopic (exact) mass is 433 g/mol. The lowest BCUT2D eigenvalue weighted by molar-refractivity contribution is 0.0769. The van der Waals surface area contributed by atoms with Crippen LogP contribution < -0.4 is 5.32 Å². The van der Waals surface area contributed by atoms with E-state index in [0.29, 0.717) is 21.3 Å². The zero-order valence-corrected chi connectivity index (χ0v) is 17.8. The Morgan fingerprint density at radius 1 is 1.07 bits per heavy atom. The van der Waals surface area contributed by atoms with Gasteiger partial charge in [0.2, 0.25) is 0 Å². The van der Waals surface area contributed by atoms with E-state index >= 15 is 0 Å². The zero-order chi connectivity index (χ0) is 20.7. The molecular formula is C24H17Cl2N3O. The van der Waals surface area contributed by atoms with Crippen molar-refractivity contribution < 1.29 is 4.79 Å². The van der Waals surface area contributed by atoms with E-state index in [2.05, 4.69) is 42.3 Å². The third-order valence-corrected chi connectivity index (χ3v) is 6.82. The van der Waals surface area contributed by atoms with E-state index in [9.17, 15) is 4.79 Å². The minimum Gasteiger partial charge on any atom is -0.359 e. The van der Waals surface area contributed by atoms with Crippen molar-refractivity contribution in [2.24, 2.45) is 0 Å². The first-order valence-corrected chi connectivity index (χ1v) is 10.5. The second kappa shape index (κ2) is 6.03. The van der Waals surface area contributed by atoms with Gasteiger partial charge in [-0.15, -0.1) is 0 Å². The van der Waals surface area contributed by atoms with Crippen LogP contribution in [0.25, 0.3) is 27.9 Å². The van der Waals surface area contributed by atoms with Gasteiger partial charge in [-0.25, -0.2) is 0 Å². The fraction of sp³-hybridized carbons (Fsp3) is 0.125. The molecule has 2 N–H and O–H groups in total. The maximum absolute atomic E-state index is 13.3. The van der Waals surface area contributed by atoms with Crippen LogP contribution in [0.1, 0.15) is 38.8 Å². The summed E-state index contributed by atoms with van der Waals surface area (Å²) in [5, 5.41) is 6.78. The first-order valence-electron chi connectivity index (χ1n) is 9.75. The highest BCUT2D eigenvalue weighted by Crippen LogP contribution is 2.46. The summed E-state index contributed by atoms with van der Waals surface area (Å²) in [4.78, 5) is 18.6. The number of H-pyrrole nitrogens is 1. The molecule has 2 aliphatic rings. The van der Waals surface area contributed by atoms with Crippen molar-refractivity contribution in [1.82, 2.24) is 9.88 Å². The molecule has 4 nitrogen and oxygen atoms in total. The topological polar surface area (TPSA) is 48.1 Å². The second-order valence-corrected chi connectivity index (χ2v) is 8.73. The van der Waals surface area contributed by atoms with Crippen molar-refractivity contribution in [3.05, 3.63) is 80.5 Å². The first kappa shape index (κ1) is 17.9. The van der Waals surface area contributed by atoms with Crippen LogP contribution >= 0.6 is 23.2 Å². The molecule has 0 fully saturated rings. The van der Waals surface area contributed by atoms with Crippen LogP contribution in [-0.2, 0) is 0 Å². The van der Waals surface area contributed by atoms with E-state index in [0.717, 1.165) is 27.7 Å². The number of anilines is 1. The quantitative estimate of drug-likeness (QED) is 0.320. The minimum atomic E-state index is -0.333. The highest BCUT2D eigenvalue weighted by molar-refractivity contribution is 6.37. The molecule has 0 saturated carbocycles. The highest BCUT2D eigenvalue weighted by Gasteiger charge is 2.38. The van der Waals surface area contributed by atoms with Gasteiger partial charge in [0.25, 0.3) is 5.91 Å². The molecule has 0 saturated heterocycles. The maximum atomic E-state index is 13.3. The number of rotatable bonds is 0. The van der Waals surface area contributed by atoms with Crippen LogP contribution in [0, 0.1) is 13.8 Å². The summed E-state index contributed by atoms with van der Waals surface area (Å²) in [7, 11) is 0. The number of aromatic nitrogens is 1. The molecule has 6 heteroatoms. The number of halogens is 2. The number of carbonyl (C=O) groups excluding carboxylic acids is 1. The predicted molar refractivity (Wildman–Crippen MR) is 123 cm³/mol. The number of amides is 1. The van der Waals surface area contributed by atoms with Crippen molar-refractivity contribution >= 4 is 62.7 Å². The van der Waals surface area contributed by atoms with E-state index in [-0.39, 0.29) is 12.1 Å². The van der Waals surface area contributed by atoms with Crippen LogP contribution in [-0.4, -0.2) is 15.8 Å². The molecule has 3 heterocycles. The molecule has 3 aromatic carbocycles. The molecule has 4 aromatic rings. The molecule has 0 bridgehead atoms. The van der Waals surface area contributed by atoms with Gasteiger partial charge in [-0.2, -0.15) is 0 Å². The molecule has 0 radical (unpaired) electrons. The average molecular weight is 434 g/mol. The molecular weight excluding hydrogens is 417 g/mol. The summed E-state index contributed by atoms with van der Waals surface area (Å²) in [6.07, 6.45) is 3.54. The van der Waals surface area contributed by atoms with Crippen LogP contribution in [0.5, 0.6) is 0 Å². The Hall–Kier alpha value is -2.95. The Morgan fingerprint density at radius 2 is 1.87 bits per heavy atom. The first-order chi connectivity index (χ1) is 14.5.